The summed E-state index contributed by atoms with van der Waals surface area (Å²) in [7, 11) is 2.02. The Morgan fingerprint density at radius 3 is 2.27 bits per heavy atom. The molecule has 66 valence electrons. The molecule has 1 aliphatic rings. The second-order valence-corrected chi connectivity index (χ2v) is 4.39. The molecule has 0 aliphatic carbocycles. The zero-order valence-corrected chi connectivity index (χ0v) is 8.12. The minimum atomic E-state index is 0.337. The molecule has 0 amide bonds. The Hall–Kier alpha value is -0.0800. The fourth-order valence-electron chi connectivity index (χ4n) is 1.55. The maximum Gasteiger partial charge on any atom is 0.0191 e. The maximum absolute atomic E-state index is 3.46. The molecule has 1 fully saturated rings. The summed E-state index contributed by atoms with van der Waals surface area (Å²) in [5.41, 5.74) is 0.833. The quantitative estimate of drug-likeness (QED) is 0.636. The van der Waals surface area contributed by atoms with E-state index in [1.807, 2.05) is 7.05 Å². The Bertz CT molecular complexity index is 142. The fourth-order valence-corrected chi connectivity index (χ4v) is 1.55. The van der Waals surface area contributed by atoms with Crippen LogP contribution < -0.4 is 10.6 Å². The molecule has 0 aromatic heterocycles. The third-order valence-corrected chi connectivity index (χ3v) is 3.36. The predicted molar refractivity (Wildman–Crippen MR) is 48.7 cm³/mol. The van der Waals surface area contributed by atoms with Crippen LogP contribution in [0.1, 0.15) is 27.2 Å². The van der Waals surface area contributed by atoms with Gasteiger partial charge in [-0.3, -0.25) is 0 Å². The Balaban J connectivity index is 2.41. The zero-order valence-electron chi connectivity index (χ0n) is 8.12. The predicted octanol–water partition coefficient (Wildman–Crippen LogP) is 0.984. The Morgan fingerprint density at radius 2 is 2.00 bits per heavy atom. The molecule has 0 aromatic rings. The van der Waals surface area contributed by atoms with Gasteiger partial charge in [0.25, 0.3) is 0 Å². The van der Waals surface area contributed by atoms with E-state index in [-0.39, 0.29) is 0 Å². The van der Waals surface area contributed by atoms with Crippen LogP contribution in [-0.2, 0) is 0 Å². The number of nitrogens with one attached hydrogen (secondary N) is 2. The van der Waals surface area contributed by atoms with Gasteiger partial charge in [0, 0.05) is 12.1 Å². The van der Waals surface area contributed by atoms with Crippen LogP contribution in [0.2, 0.25) is 0 Å². The van der Waals surface area contributed by atoms with Crippen molar-refractivity contribution < 1.29 is 0 Å². The van der Waals surface area contributed by atoms with E-state index in [9.17, 15) is 0 Å². The highest BCUT2D eigenvalue weighted by Gasteiger charge is 2.48. The van der Waals surface area contributed by atoms with Crippen LogP contribution in [0.3, 0.4) is 0 Å². The molecular weight excluding hydrogens is 136 g/mol. The van der Waals surface area contributed by atoms with Crippen molar-refractivity contribution in [2.45, 2.75) is 32.7 Å². The van der Waals surface area contributed by atoms with E-state index in [2.05, 4.69) is 31.4 Å². The van der Waals surface area contributed by atoms with Gasteiger partial charge in [0.15, 0.2) is 0 Å². The van der Waals surface area contributed by atoms with Crippen molar-refractivity contribution in [3.63, 3.8) is 0 Å². The molecule has 1 rings (SSSR count). The first kappa shape index (κ1) is 9.01. The first-order chi connectivity index (χ1) is 5.02. The summed E-state index contributed by atoms with van der Waals surface area (Å²) >= 11 is 0. The van der Waals surface area contributed by atoms with Gasteiger partial charge in [-0.15, -0.1) is 0 Å². The lowest BCUT2D eigenvalue weighted by Crippen LogP contribution is -2.68. The van der Waals surface area contributed by atoms with E-state index < -0.39 is 0 Å². The van der Waals surface area contributed by atoms with Crippen molar-refractivity contribution in [1.29, 1.82) is 0 Å². The normalized spacial score (nSPS) is 34.9. The van der Waals surface area contributed by atoms with E-state index in [1.165, 1.54) is 13.0 Å². The average molecular weight is 156 g/mol. The summed E-state index contributed by atoms with van der Waals surface area (Å²) < 4.78 is 0. The minimum absolute atomic E-state index is 0.337. The zero-order chi connectivity index (χ0) is 8.54. The molecule has 2 heteroatoms. The SMILES string of the molecule is CNCCC1(C)CNC1(C)C. The fraction of sp³-hybridized carbons (Fsp3) is 1.00. The topological polar surface area (TPSA) is 24.1 Å². The van der Waals surface area contributed by atoms with E-state index >= 15 is 0 Å². The molecule has 0 aromatic carbocycles. The molecule has 11 heavy (non-hydrogen) atoms. The van der Waals surface area contributed by atoms with Gasteiger partial charge in [-0.25, -0.2) is 0 Å². The summed E-state index contributed by atoms with van der Waals surface area (Å²) in [6.45, 7) is 9.22. The first-order valence-electron chi connectivity index (χ1n) is 4.41. The molecule has 1 saturated heterocycles. The highest BCUT2D eigenvalue weighted by molar-refractivity contribution is 5.06. The largest absolute Gasteiger partial charge is 0.320 e. The van der Waals surface area contributed by atoms with Crippen LogP contribution >= 0.6 is 0 Å². The lowest BCUT2D eigenvalue weighted by Gasteiger charge is -2.55. The van der Waals surface area contributed by atoms with Crippen molar-refractivity contribution in [2.24, 2.45) is 5.41 Å². The molecule has 1 aliphatic heterocycles. The lowest BCUT2D eigenvalue weighted by molar-refractivity contribution is 0.0206. The summed E-state index contributed by atoms with van der Waals surface area (Å²) in [6, 6.07) is 0. The van der Waals surface area contributed by atoms with Crippen LogP contribution in [0, 0.1) is 5.41 Å². The molecular formula is C9H20N2. The highest BCUT2D eigenvalue weighted by Crippen LogP contribution is 2.40. The molecule has 2 N–H and O–H groups in total. The second kappa shape index (κ2) is 2.76. The molecule has 1 atom stereocenters. The second-order valence-electron chi connectivity index (χ2n) is 4.39. The molecule has 0 bridgehead atoms. The van der Waals surface area contributed by atoms with Gasteiger partial charge in [0.2, 0.25) is 0 Å². The minimum Gasteiger partial charge on any atom is -0.320 e. The monoisotopic (exact) mass is 156 g/mol. The third kappa shape index (κ3) is 1.42. The Morgan fingerprint density at radius 1 is 1.36 bits per heavy atom. The van der Waals surface area contributed by atoms with Gasteiger partial charge >= 0.3 is 0 Å². The number of hydrogen-bond acceptors (Lipinski definition) is 2. The van der Waals surface area contributed by atoms with Crippen LogP contribution in [0.15, 0.2) is 0 Å². The average Bonchev–Trinajstić information content (AvgIpc) is 1.98. The van der Waals surface area contributed by atoms with Gasteiger partial charge in [-0.2, -0.15) is 0 Å². The van der Waals surface area contributed by atoms with Gasteiger partial charge in [0.05, 0.1) is 0 Å². The van der Waals surface area contributed by atoms with Gasteiger partial charge < -0.3 is 10.6 Å². The van der Waals surface area contributed by atoms with Crippen LogP contribution in [0.25, 0.3) is 0 Å². The van der Waals surface area contributed by atoms with Gasteiger partial charge in [-0.1, -0.05) is 6.92 Å². The number of rotatable bonds is 3. The van der Waals surface area contributed by atoms with E-state index in [0.717, 1.165) is 6.54 Å². The van der Waals surface area contributed by atoms with Crippen molar-refractivity contribution in [3.8, 4) is 0 Å². The van der Waals surface area contributed by atoms with Gasteiger partial charge in [-0.05, 0) is 39.3 Å². The molecule has 2 nitrogen and oxygen atoms in total. The summed E-state index contributed by atoms with van der Waals surface area (Å²) in [5.74, 6) is 0. The van der Waals surface area contributed by atoms with Crippen molar-refractivity contribution in [3.05, 3.63) is 0 Å². The Kier molecular flexibility index (Phi) is 2.26. The summed E-state index contributed by atoms with van der Waals surface area (Å²) in [4.78, 5) is 0. The van der Waals surface area contributed by atoms with E-state index in [0.29, 0.717) is 11.0 Å². The molecule has 0 saturated carbocycles. The maximum atomic E-state index is 3.46. The molecule has 1 heterocycles. The van der Waals surface area contributed by atoms with E-state index in [1.54, 1.807) is 0 Å². The highest BCUT2D eigenvalue weighted by atomic mass is 15.1. The van der Waals surface area contributed by atoms with Gasteiger partial charge in [0.1, 0.15) is 0 Å². The number of hydrogen-bond donors (Lipinski definition) is 2. The first-order valence-corrected chi connectivity index (χ1v) is 4.41. The van der Waals surface area contributed by atoms with Crippen LogP contribution in [0.5, 0.6) is 0 Å². The third-order valence-electron chi connectivity index (χ3n) is 3.36. The smallest absolute Gasteiger partial charge is 0.0191 e. The Labute approximate surface area is 69.8 Å². The van der Waals surface area contributed by atoms with Crippen molar-refractivity contribution in [1.82, 2.24) is 10.6 Å². The molecule has 0 spiro atoms. The van der Waals surface area contributed by atoms with Crippen molar-refractivity contribution >= 4 is 0 Å². The van der Waals surface area contributed by atoms with Crippen LogP contribution in [-0.4, -0.2) is 25.7 Å². The van der Waals surface area contributed by atoms with E-state index in [4.69, 9.17) is 0 Å². The molecule has 0 radical (unpaired) electrons. The molecule has 1 unspecified atom stereocenters. The van der Waals surface area contributed by atoms with Crippen LogP contribution in [0.4, 0.5) is 0 Å². The summed E-state index contributed by atoms with van der Waals surface area (Å²) in [6.07, 6.45) is 1.27. The summed E-state index contributed by atoms with van der Waals surface area (Å²) in [5, 5.41) is 6.66. The standard InChI is InChI=1S/C9H20N2/c1-8(2)9(3,7-11-8)5-6-10-4/h10-11H,5-7H2,1-4H3. The van der Waals surface area contributed by atoms with Crippen molar-refractivity contribution in [2.75, 3.05) is 20.1 Å². The lowest BCUT2D eigenvalue weighted by atomic mass is 9.64.